The fourth-order valence-corrected chi connectivity index (χ4v) is 2.12. The molecule has 2 nitrogen and oxygen atoms in total. The summed E-state index contributed by atoms with van der Waals surface area (Å²) in [6, 6.07) is 11.2. The van der Waals surface area contributed by atoms with Crippen LogP contribution in [0.2, 0.25) is 0 Å². The Labute approximate surface area is 106 Å². The maximum Gasteiger partial charge on any atom is 0.0318 e. The van der Waals surface area contributed by atoms with Gasteiger partial charge in [0.05, 0.1) is 0 Å². The SMILES string of the molecule is CCC(NCCN(CC)CC)c1ccccc1. The van der Waals surface area contributed by atoms with Gasteiger partial charge in [-0.3, -0.25) is 0 Å². The van der Waals surface area contributed by atoms with Gasteiger partial charge < -0.3 is 10.2 Å². The highest BCUT2D eigenvalue weighted by molar-refractivity contribution is 5.18. The minimum Gasteiger partial charge on any atom is -0.309 e. The molecule has 17 heavy (non-hydrogen) atoms. The van der Waals surface area contributed by atoms with Gasteiger partial charge in [-0.15, -0.1) is 0 Å². The smallest absolute Gasteiger partial charge is 0.0318 e. The molecule has 0 radical (unpaired) electrons. The third kappa shape index (κ3) is 4.88. The van der Waals surface area contributed by atoms with Crippen LogP contribution in [0.15, 0.2) is 30.3 Å². The average Bonchev–Trinajstić information content (AvgIpc) is 2.40. The molecule has 0 aromatic heterocycles. The van der Waals surface area contributed by atoms with Gasteiger partial charge in [0.2, 0.25) is 0 Å². The molecule has 2 heteroatoms. The lowest BCUT2D eigenvalue weighted by Crippen LogP contribution is -2.33. The van der Waals surface area contributed by atoms with Crippen LogP contribution >= 0.6 is 0 Å². The van der Waals surface area contributed by atoms with E-state index < -0.39 is 0 Å². The van der Waals surface area contributed by atoms with E-state index in [4.69, 9.17) is 0 Å². The van der Waals surface area contributed by atoms with Crippen LogP contribution in [0.4, 0.5) is 0 Å². The third-order valence-electron chi connectivity index (χ3n) is 3.32. The molecule has 1 unspecified atom stereocenters. The molecule has 0 aliphatic heterocycles. The molecule has 96 valence electrons. The van der Waals surface area contributed by atoms with E-state index in [0.717, 1.165) is 32.6 Å². The Morgan fingerprint density at radius 2 is 1.71 bits per heavy atom. The van der Waals surface area contributed by atoms with Gasteiger partial charge in [0.15, 0.2) is 0 Å². The van der Waals surface area contributed by atoms with Crippen LogP contribution in [0.5, 0.6) is 0 Å². The molecular weight excluding hydrogens is 208 g/mol. The van der Waals surface area contributed by atoms with Crippen LogP contribution in [-0.2, 0) is 0 Å². The standard InChI is InChI=1S/C15H26N2/c1-4-15(14-10-8-7-9-11-14)16-12-13-17(5-2)6-3/h7-11,15-16H,4-6,12-13H2,1-3H3. The fourth-order valence-electron chi connectivity index (χ4n) is 2.12. The first-order valence-electron chi connectivity index (χ1n) is 6.82. The van der Waals surface area contributed by atoms with Crippen LogP contribution in [-0.4, -0.2) is 31.1 Å². The lowest BCUT2D eigenvalue weighted by molar-refractivity contribution is 0.295. The average molecular weight is 234 g/mol. The Morgan fingerprint density at radius 1 is 1.06 bits per heavy atom. The second kappa shape index (κ2) is 8.26. The lowest BCUT2D eigenvalue weighted by atomic mass is 10.0. The highest BCUT2D eigenvalue weighted by Crippen LogP contribution is 2.15. The van der Waals surface area contributed by atoms with Gasteiger partial charge in [-0.2, -0.15) is 0 Å². The zero-order chi connectivity index (χ0) is 12.5. The van der Waals surface area contributed by atoms with Crippen molar-refractivity contribution in [1.29, 1.82) is 0 Å². The molecule has 1 aromatic carbocycles. The molecule has 0 spiro atoms. The summed E-state index contributed by atoms with van der Waals surface area (Å²) in [6.45, 7) is 11.2. The van der Waals surface area contributed by atoms with E-state index in [2.05, 4.69) is 61.3 Å². The van der Waals surface area contributed by atoms with Crippen molar-refractivity contribution in [3.63, 3.8) is 0 Å². The van der Waals surface area contributed by atoms with Crippen molar-refractivity contribution in [2.45, 2.75) is 33.2 Å². The first-order valence-corrected chi connectivity index (χ1v) is 6.82. The van der Waals surface area contributed by atoms with Gasteiger partial charge in [-0.25, -0.2) is 0 Å². The maximum absolute atomic E-state index is 3.64. The summed E-state index contributed by atoms with van der Waals surface area (Å²) in [5.74, 6) is 0. The molecule has 1 rings (SSSR count). The highest BCUT2D eigenvalue weighted by atomic mass is 15.1. The monoisotopic (exact) mass is 234 g/mol. The number of nitrogens with one attached hydrogen (secondary N) is 1. The van der Waals surface area contributed by atoms with E-state index in [-0.39, 0.29) is 0 Å². The molecule has 1 aromatic rings. The lowest BCUT2D eigenvalue weighted by Gasteiger charge is -2.22. The molecular formula is C15H26N2. The minimum atomic E-state index is 0.492. The van der Waals surface area contributed by atoms with E-state index in [1.165, 1.54) is 5.56 Å². The van der Waals surface area contributed by atoms with Crippen molar-refractivity contribution < 1.29 is 0 Å². The Bertz CT molecular complexity index is 280. The van der Waals surface area contributed by atoms with Crippen LogP contribution in [0.1, 0.15) is 38.8 Å². The third-order valence-corrected chi connectivity index (χ3v) is 3.32. The van der Waals surface area contributed by atoms with Gasteiger partial charge in [0.1, 0.15) is 0 Å². The molecule has 1 atom stereocenters. The minimum absolute atomic E-state index is 0.492. The molecule has 0 fully saturated rings. The van der Waals surface area contributed by atoms with Crippen LogP contribution < -0.4 is 5.32 Å². The summed E-state index contributed by atoms with van der Waals surface area (Å²) in [7, 11) is 0. The zero-order valence-corrected chi connectivity index (χ0v) is 11.4. The Kier molecular flexibility index (Phi) is 6.90. The summed E-state index contributed by atoms with van der Waals surface area (Å²) < 4.78 is 0. The molecule has 0 saturated heterocycles. The summed E-state index contributed by atoms with van der Waals surface area (Å²) in [4.78, 5) is 2.45. The van der Waals surface area contributed by atoms with Crippen molar-refractivity contribution >= 4 is 0 Å². The second-order valence-electron chi connectivity index (χ2n) is 4.35. The zero-order valence-electron chi connectivity index (χ0n) is 11.4. The molecule has 0 aliphatic rings. The molecule has 0 heterocycles. The molecule has 0 saturated carbocycles. The van der Waals surface area contributed by atoms with Crippen LogP contribution in [0.25, 0.3) is 0 Å². The number of benzene rings is 1. The topological polar surface area (TPSA) is 15.3 Å². The predicted molar refractivity (Wildman–Crippen MR) is 75.3 cm³/mol. The Hall–Kier alpha value is -0.860. The van der Waals surface area contributed by atoms with E-state index >= 15 is 0 Å². The van der Waals surface area contributed by atoms with E-state index in [9.17, 15) is 0 Å². The molecule has 0 bridgehead atoms. The van der Waals surface area contributed by atoms with Gasteiger partial charge in [0.25, 0.3) is 0 Å². The van der Waals surface area contributed by atoms with Crippen LogP contribution in [0, 0.1) is 0 Å². The highest BCUT2D eigenvalue weighted by Gasteiger charge is 2.07. The van der Waals surface area contributed by atoms with Crippen molar-refractivity contribution in [3.8, 4) is 0 Å². The number of likely N-dealkylation sites (N-methyl/N-ethyl adjacent to an activating group) is 1. The number of rotatable bonds is 8. The van der Waals surface area contributed by atoms with Gasteiger partial charge in [-0.05, 0) is 25.1 Å². The van der Waals surface area contributed by atoms with Gasteiger partial charge in [0, 0.05) is 19.1 Å². The summed E-state index contributed by atoms with van der Waals surface area (Å²) in [6.07, 6.45) is 1.14. The van der Waals surface area contributed by atoms with Crippen molar-refractivity contribution in [1.82, 2.24) is 10.2 Å². The van der Waals surface area contributed by atoms with Gasteiger partial charge in [-0.1, -0.05) is 51.1 Å². The number of hydrogen-bond donors (Lipinski definition) is 1. The second-order valence-corrected chi connectivity index (χ2v) is 4.35. The predicted octanol–water partition coefficient (Wildman–Crippen LogP) is 3.07. The van der Waals surface area contributed by atoms with Crippen molar-refractivity contribution in [3.05, 3.63) is 35.9 Å². The first-order chi connectivity index (χ1) is 8.31. The number of hydrogen-bond acceptors (Lipinski definition) is 2. The Balaban J connectivity index is 2.38. The largest absolute Gasteiger partial charge is 0.309 e. The summed E-state index contributed by atoms with van der Waals surface area (Å²) >= 11 is 0. The van der Waals surface area contributed by atoms with Crippen LogP contribution in [0.3, 0.4) is 0 Å². The summed E-state index contributed by atoms with van der Waals surface area (Å²) in [5.41, 5.74) is 1.40. The fraction of sp³-hybridized carbons (Fsp3) is 0.600. The van der Waals surface area contributed by atoms with E-state index in [1.807, 2.05) is 0 Å². The van der Waals surface area contributed by atoms with E-state index in [0.29, 0.717) is 6.04 Å². The quantitative estimate of drug-likeness (QED) is 0.743. The van der Waals surface area contributed by atoms with E-state index in [1.54, 1.807) is 0 Å². The first kappa shape index (κ1) is 14.2. The Morgan fingerprint density at radius 3 is 2.24 bits per heavy atom. The summed E-state index contributed by atoms with van der Waals surface area (Å²) in [5, 5.41) is 3.64. The van der Waals surface area contributed by atoms with Gasteiger partial charge >= 0.3 is 0 Å². The van der Waals surface area contributed by atoms with Crippen molar-refractivity contribution in [2.24, 2.45) is 0 Å². The normalized spacial score (nSPS) is 12.9. The molecule has 0 aliphatic carbocycles. The maximum atomic E-state index is 3.64. The number of nitrogens with zero attached hydrogens (tertiary/aromatic N) is 1. The molecule has 1 N–H and O–H groups in total. The van der Waals surface area contributed by atoms with Crippen molar-refractivity contribution in [2.75, 3.05) is 26.2 Å². The molecule has 0 amide bonds.